The number of nitrogens with zero attached hydrogens (tertiary/aromatic N) is 2. The van der Waals surface area contributed by atoms with Crippen LogP contribution >= 0.6 is 11.3 Å². The third-order valence-electron chi connectivity index (χ3n) is 12.4. The van der Waals surface area contributed by atoms with Gasteiger partial charge in [0.2, 0.25) is 0 Å². The molecule has 0 radical (unpaired) electrons. The van der Waals surface area contributed by atoms with Crippen LogP contribution in [-0.4, -0.2) is 4.57 Å². The summed E-state index contributed by atoms with van der Waals surface area (Å²) in [5, 5.41) is 5.07. The molecule has 0 amide bonds. The number of benzene rings is 10. The van der Waals surface area contributed by atoms with Crippen molar-refractivity contribution in [2.75, 3.05) is 4.90 Å². The van der Waals surface area contributed by atoms with Gasteiger partial charge in [0.05, 0.1) is 16.7 Å². The summed E-state index contributed by atoms with van der Waals surface area (Å²) in [5.74, 6) is 0. The van der Waals surface area contributed by atoms with Gasteiger partial charge in [-0.2, -0.15) is 0 Å². The zero-order valence-corrected chi connectivity index (χ0v) is 35.2. The highest BCUT2D eigenvalue weighted by Crippen LogP contribution is 2.49. The number of fused-ring (bicyclic) bond motifs is 6. The molecule has 0 atom stereocenters. The van der Waals surface area contributed by atoms with E-state index in [4.69, 9.17) is 0 Å². The minimum absolute atomic E-state index is 1.08. The first kappa shape index (κ1) is 36.8. The Hall–Kier alpha value is -7.98. The van der Waals surface area contributed by atoms with E-state index in [1.807, 2.05) is 11.3 Å². The molecule has 12 aromatic rings. The molecule has 63 heavy (non-hydrogen) atoms. The maximum absolute atomic E-state index is 2.47. The van der Waals surface area contributed by atoms with Gasteiger partial charge in [0.25, 0.3) is 0 Å². The van der Waals surface area contributed by atoms with Gasteiger partial charge in [-0.3, -0.25) is 0 Å². The first-order valence-corrected chi connectivity index (χ1v) is 22.3. The standard InChI is InChI=1S/C60H40N2S/c1-3-17-42(18-4-1)48-23-7-8-27-53(48)60-49(43-19-5-2-6-20-43)28-16-31-57(60)61(47-37-38-59-54(40-47)52-26-11-14-32-58(52)63-59)45-35-33-41(34-36-45)44-21-15-22-46(39-44)62-55-29-12-9-24-50(55)51-25-10-13-30-56(51)62/h1-40H. The van der Waals surface area contributed by atoms with Crippen LogP contribution in [0.1, 0.15) is 0 Å². The van der Waals surface area contributed by atoms with Crippen molar-refractivity contribution < 1.29 is 0 Å². The van der Waals surface area contributed by atoms with Crippen molar-refractivity contribution >= 4 is 70.4 Å². The van der Waals surface area contributed by atoms with Crippen molar-refractivity contribution in [2.45, 2.75) is 0 Å². The minimum Gasteiger partial charge on any atom is -0.310 e. The van der Waals surface area contributed by atoms with Crippen molar-refractivity contribution in [3.8, 4) is 50.2 Å². The van der Waals surface area contributed by atoms with Crippen molar-refractivity contribution in [1.29, 1.82) is 0 Å². The van der Waals surface area contributed by atoms with Gasteiger partial charge in [0.1, 0.15) is 0 Å². The fourth-order valence-electron chi connectivity index (χ4n) is 9.55. The fraction of sp³-hybridized carbons (Fsp3) is 0. The quantitative estimate of drug-likeness (QED) is 0.148. The maximum Gasteiger partial charge on any atom is 0.0546 e. The first-order valence-electron chi connectivity index (χ1n) is 21.5. The number of para-hydroxylation sites is 2. The molecule has 10 aromatic carbocycles. The van der Waals surface area contributed by atoms with E-state index in [0.717, 1.165) is 28.3 Å². The molecule has 12 rings (SSSR count). The topological polar surface area (TPSA) is 8.17 Å². The van der Waals surface area contributed by atoms with Crippen LogP contribution in [0.5, 0.6) is 0 Å². The van der Waals surface area contributed by atoms with Gasteiger partial charge in [0.15, 0.2) is 0 Å². The van der Waals surface area contributed by atoms with Gasteiger partial charge in [-0.15, -0.1) is 11.3 Å². The first-order chi connectivity index (χ1) is 31.3. The monoisotopic (exact) mass is 820 g/mol. The minimum atomic E-state index is 1.08. The third-order valence-corrected chi connectivity index (χ3v) is 13.6. The molecule has 2 heterocycles. The third kappa shape index (κ3) is 6.41. The predicted molar refractivity (Wildman–Crippen MR) is 270 cm³/mol. The van der Waals surface area contributed by atoms with Gasteiger partial charge in [0, 0.05) is 53.6 Å². The molecule has 0 saturated carbocycles. The second-order valence-corrected chi connectivity index (χ2v) is 17.1. The molecule has 3 heteroatoms. The summed E-state index contributed by atoms with van der Waals surface area (Å²) >= 11 is 1.85. The zero-order chi connectivity index (χ0) is 41.7. The maximum atomic E-state index is 2.47. The molecule has 0 bridgehead atoms. The van der Waals surface area contributed by atoms with Gasteiger partial charge < -0.3 is 9.47 Å². The van der Waals surface area contributed by atoms with E-state index in [9.17, 15) is 0 Å². The molecule has 2 aromatic heterocycles. The smallest absolute Gasteiger partial charge is 0.0546 e. The molecule has 0 saturated heterocycles. The Morgan fingerprint density at radius 3 is 1.59 bits per heavy atom. The van der Waals surface area contributed by atoms with E-state index in [1.165, 1.54) is 80.9 Å². The predicted octanol–water partition coefficient (Wildman–Crippen LogP) is 17.3. The Labute approximate surface area is 370 Å². The molecule has 296 valence electrons. The summed E-state index contributed by atoms with van der Waals surface area (Å²) in [6.07, 6.45) is 0. The van der Waals surface area contributed by atoms with E-state index in [0.29, 0.717) is 0 Å². The molecule has 0 aliphatic heterocycles. The Morgan fingerprint density at radius 1 is 0.317 bits per heavy atom. The number of rotatable bonds is 8. The van der Waals surface area contributed by atoms with Crippen molar-refractivity contribution in [3.63, 3.8) is 0 Å². The lowest BCUT2D eigenvalue weighted by Crippen LogP contribution is -2.12. The van der Waals surface area contributed by atoms with E-state index in [-0.39, 0.29) is 0 Å². The molecule has 2 nitrogen and oxygen atoms in total. The Balaban J connectivity index is 1.06. The van der Waals surface area contributed by atoms with Gasteiger partial charge in [-0.1, -0.05) is 176 Å². The van der Waals surface area contributed by atoms with Crippen LogP contribution < -0.4 is 4.90 Å². The number of hydrogen-bond donors (Lipinski definition) is 0. The lowest BCUT2D eigenvalue weighted by atomic mass is 9.87. The molecule has 0 N–H and O–H groups in total. The van der Waals surface area contributed by atoms with Crippen LogP contribution in [0.2, 0.25) is 0 Å². The Morgan fingerprint density at radius 2 is 0.857 bits per heavy atom. The molecule has 0 fully saturated rings. The van der Waals surface area contributed by atoms with E-state index >= 15 is 0 Å². The summed E-state index contributed by atoms with van der Waals surface area (Å²) in [4.78, 5) is 2.47. The number of anilines is 3. The van der Waals surface area contributed by atoms with E-state index < -0.39 is 0 Å². The highest BCUT2D eigenvalue weighted by molar-refractivity contribution is 7.25. The SMILES string of the molecule is c1ccc(-c2ccccc2-c2c(-c3ccccc3)cccc2N(c2ccc(-c3cccc(-n4c5ccccc5c5ccccc54)c3)cc2)c2ccc3sc4ccccc4c3c2)cc1. The lowest BCUT2D eigenvalue weighted by molar-refractivity contribution is 1.18. The molecule has 0 aliphatic rings. The molecular weight excluding hydrogens is 781 g/mol. The highest BCUT2D eigenvalue weighted by atomic mass is 32.1. The summed E-state index contributed by atoms with van der Waals surface area (Å²) in [5.41, 5.74) is 16.3. The van der Waals surface area contributed by atoms with Crippen molar-refractivity contribution in [2.24, 2.45) is 0 Å². The second-order valence-electron chi connectivity index (χ2n) is 16.1. The van der Waals surface area contributed by atoms with Crippen LogP contribution in [0.3, 0.4) is 0 Å². The summed E-state index contributed by atoms with van der Waals surface area (Å²) in [6, 6.07) is 88.5. The Kier molecular flexibility index (Phi) is 9.06. The molecule has 0 unspecified atom stereocenters. The van der Waals surface area contributed by atoms with Gasteiger partial charge >= 0.3 is 0 Å². The van der Waals surface area contributed by atoms with Gasteiger partial charge in [-0.25, -0.2) is 0 Å². The number of hydrogen-bond acceptors (Lipinski definition) is 2. The highest BCUT2D eigenvalue weighted by Gasteiger charge is 2.23. The molecular formula is C60H40N2S. The molecule has 0 spiro atoms. The summed E-state index contributed by atoms with van der Waals surface area (Å²) in [7, 11) is 0. The molecule has 0 aliphatic carbocycles. The second kappa shape index (κ2) is 15.5. The lowest BCUT2D eigenvalue weighted by Gasteiger charge is -2.30. The average Bonchev–Trinajstić information content (AvgIpc) is 3.90. The largest absolute Gasteiger partial charge is 0.310 e. The number of aromatic nitrogens is 1. The van der Waals surface area contributed by atoms with Gasteiger partial charge in [-0.05, 0) is 106 Å². The van der Waals surface area contributed by atoms with Crippen LogP contribution in [-0.2, 0) is 0 Å². The van der Waals surface area contributed by atoms with Crippen LogP contribution in [0.15, 0.2) is 243 Å². The van der Waals surface area contributed by atoms with Crippen molar-refractivity contribution in [1.82, 2.24) is 4.57 Å². The van der Waals surface area contributed by atoms with Crippen LogP contribution in [0.25, 0.3) is 92.2 Å². The summed E-state index contributed by atoms with van der Waals surface area (Å²) < 4.78 is 4.97. The van der Waals surface area contributed by atoms with E-state index in [2.05, 4.69) is 252 Å². The zero-order valence-electron chi connectivity index (χ0n) is 34.4. The number of thiophene rings is 1. The van der Waals surface area contributed by atoms with E-state index in [1.54, 1.807) is 0 Å². The summed E-state index contributed by atoms with van der Waals surface area (Å²) in [6.45, 7) is 0. The van der Waals surface area contributed by atoms with Crippen LogP contribution in [0.4, 0.5) is 17.1 Å². The fourth-order valence-corrected chi connectivity index (χ4v) is 10.6. The average molecular weight is 821 g/mol. The van der Waals surface area contributed by atoms with Crippen molar-refractivity contribution in [3.05, 3.63) is 243 Å². The normalized spacial score (nSPS) is 11.5. The Bertz CT molecular complexity index is 3570. The van der Waals surface area contributed by atoms with Crippen LogP contribution in [0, 0.1) is 0 Å².